The van der Waals surface area contributed by atoms with E-state index in [1.54, 1.807) is 6.07 Å². The van der Waals surface area contributed by atoms with E-state index in [9.17, 15) is 9.90 Å². The number of benzene rings is 2. The molecule has 2 N–H and O–H groups in total. The monoisotopic (exact) mass is 270 g/mol. The molecule has 1 aromatic carbocycles. The Labute approximate surface area is 118 Å². The third-order valence-electron chi connectivity index (χ3n) is 3.21. The maximum Gasteiger partial charge on any atom is 0.339 e. The van der Waals surface area contributed by atoms with Gasteiger partial charge in [0, 0.05) is 0 Å². The first-order valence-corrected chi connectivity index (χ1v) is 6.46. The van der Waals surface area contributed by atoms with Gasteiger partial charge in [0.1, 0.15) is 11.3 Å². The molecule has 0 fully saturated rings. The summed E-state index contributed by atoms with van der Waals surface area (Å²) in [5.41, 5.74) is 3.59. The number of carbonyl (C=O) groups is 1. The molecule has 3 nitrogen and oxygen atoms in total. The number of aromatic carboxylic acids is 1. The van der Waals surface area contributed by atoms with Crippen LogP contribution in [0.4, 0.5) is 0 Å². The van der Waals surface area contributed by atoms with E-state index in [0.717, 1.165) is 5.56 Å². The van der Waals surface area contributed by atoms with Crippen molar-refractivity contribution in [3.05, 3.63) is 53.6 Å². The van der Waals surface area contributed by atoms with Gasteiger partial charge in [0.2, 0.25) is 0 Å². The van der Waals surface area contributed by atoms with Gasteiger partial charge in [-0.2, -0.15) is 0 Å². The maximum absolute atomic E-state index is 10.7. The summed E-state index contributed by atoms with van der Waals surface area (Å²) in [6.07, 6.45) is 0. The molecule has 0 saturated heterocycles. The smallest absolute Gasteiger partial charge is 0.339 e. The van der Waals surface area contributed by atoms with E-state index in [2.05, 4.69) is 24.3 Å². The van der Waals surface area contributed by atoms with Crippen LogP contribution in [-0.4, -0.2) is 16.2 Å². The van der Waals surface area contributed by atoms with Gasteiger partial charge >= 0.3 is 5.97 Å². The normalized spacial score (nSPS) is 11.3. The molecule has 104 valence electrons. The zero-order valence-electron chi connectivity index (χ0n) is 11.8. The number of carboxylic acids is 1. The van der Waals surface area contributed by atoms with Gasteiger partial charge in [0.05, 0.1) is 0 Å². The van der Waals surface area contributed by atoms with Gasteiger partial charge < -0.3 is 10.2 Å². The second kappa shape index (κ2) is 5.00. The van der Waals surface area contributed by atoms with Crippen LogP contribution in [0, 0.1) is 0 Å². The maximum atomic E-state index is 10.7. The summed E-state index contributed by atoms with van der Waals surface area (Å²) in [4.78, 5) is 10.7. The largest absolute Gasteiger partial charge is 0.507 e. The second-order valence-electron chi connectivity index (χ2n) is 5.87. The molecule has 0 aliphatic heterocycles. The SMILES string of the molecule is CC(C)(C)c1ccc(O)c(C(=O)O)c1.c1cc2cc-2c1. The average molecular weight is 270 g/mol. The van der Waals surface area contributed by atoms with Crippen LogP contribution >= 0.6 is 0 Å². The topological polar surface area (TPSA) is 57.5 Å². The van der Waals surface area contributed by atoms with E-state index in [1.807, 2.05) is 20.8 Å². The number of rotatable bonds is 1. The minimum atomic E-state index is -1.10. The van der Waals surface area contributed by atoms with Crippen LogP contribution in [0.1, 0.15) is 36.7 Å². The van der Waals surface area contributed by atoms with E-state index in [4.69, 9.17) is 5.11 Å². The molecule has 3 rings (SSSR count). The molecule has 2 aliphatic carbocycles. The number of phenols is 1. The van der Waals surface area contributed by atoms with Gasteiger partial charge in [-0.3, -0.25) is 0 Å². The third kappa shape index (κ3) is 3.18. The predicted octanol–water partition coefficient (Wildman–Crippen LogP) is 4.05. The first-order chi connectivity index (χ1) is 9.29. The van der Waals surface area contributed by atoms with Crippen LogP contribution in [0.15, 0.2) is 42.5 Å². The van der Waals surface area contributed by atoms with Crippen LogP contribution in [0.25, 0.3) is 11.1 Å². The van der Waals surface area contributed by atoms with Crippen molar-refractivity contribution >= 4 is 5.97 Å². The van der Waals surface area contributed by atoms with Gasteiger partial charge in [-0.05, 0) is 40.3 Å². The fraction of sp³-hybridized carbons (Fsp3) is 0.235. The lowest BCUT2D eigenvalue weighted by Gasteiger charge is -2.19. The van der Waals surface area contributed by atoms with Crippen molar-refractivity contribution in [1.29, 1.82) is 0 Å². The quantitative estimate of drug-likeness (QED) is 0.701. The molecule has 0 aromatic heterocycles. The van der Waals surface area contributed by atoms with Crippen molar-refractivity contribution in [2.75, 3.05) is 0 Å². The molecule has 0 radical (unpaired) electrons. The number of hydrogen-bond donors (Lipinski definition) is 2. The van der Waals surface area contributed by atoms with Crippen molar-refractivity contribution in [3.63, 3.8) is 0 Å². The molecule has 20 heavy (non-hydrogen) atoms. The van der Waals surface area contributed by atoms with Gasteiger partial charge in [0.25, 0.3) is 0 Å². The molecule has 3 heteroatoms. The lowest BCUT2D eigenvalue weighted by atomic mass is 9.86. The minimum Gasteiger partial charge on any atom is -0.507 e. The van der Waals surface area contributed by atoms with E-state index in [0.29, 0.717) is 0 Å². The summed E-state index contributed by atoms with van der Waals surface area (Å²) in [5, 5.41) is 18.1. The fourth-order valence-corrected chi connectivity index (χ4v) is 1.85. The molecule has 2 aliphatic rings. The van der Waals surface area contributed by atoms with Crippen LogP contribution in [0.3, 0.4) is 0 Å². The minimum absolute atomic E-state index is 0.0441. The van der Waals surface area contributed by atoms with E-state index < -0.39 is 5.97 Å². The van der Waals surface area contributed by atoms with Crippen LogP contribution in [0.5, 0.6) is 5.75 Å². The van der Waals surface area contributed by atoms with Gasteiger partial charge in [0.15, 0.2) is 0 Å². The molecular weight excluding hydrogens is 252 g/mol. The van der Waals surface area contributed by atoms with Gasteiger partial charge in [-0.15, -0.1) is 0 Å². The Balaban J connectivity index is 0.000000198. The molecule has 0 atom stereocenters. The Morgan fingerprint density at radius 2 is 1.60 bits per heavy atom. The Hall–Kier alpha value is -2.29. The van der Waals surface area contributed by atoms with Gasteiger partial charge in [-0.25, -0.2) is 4.79 Å². The lowest BCUT2D eigenvalue weighted by molar-refractivity contribution is 0.0693. The molecule has 0 saturated carbocycles. The number of aromatic hydroxyl groups is 1. The summed E-state index contributed by atoms with van der Waals surface area (Å²) in [5.74, 6) is -1.29. The summed E-state index contributed by atoms with van der Waals surface area (Å²) >= 11 is 0. The zero-order valence-corrected chi connectivity index (χ0v) is 11.8. The van der Waals surface area contributed by atoms with Crippen molar-refractivity contribution in [2.24, 2.45) is 0 Å². The zero-order chi connectivity index (χ0) is 14.9. The summed E-state index contributed by atoms with van der Waals surface area (Å²) in [7, 11) is 0. The fourth-order valence-electron chi connectivity index (χ4n) is 1.85. The number of hydrogen-bond acceptors (Lipinski definition) is 2. The summed E-state index contributed by atoms with van der Waals surface area (Å²) in [6, 6.07) is 13.2. The second-order valence-corrected chi connectivity index (χ2v) is 5.87. The highest BCUT2D eigenvalue weighted by Crippen LogP contribution is 2.32. The lowest BCUT2D eigenvalue weighted by Crippen LogP contribution is -2.12. The Bertz CT molecular complexity index is 634. The Morgan fingerprint density at radius 1 is 1.00 bits per heavy atom. The molecule has 1 aromatic rings. The highest BCUT2D eigenvalue weighted by Gasteiger charge is 2.17. The molecule has 0 spiro atoms. The predicted molar refractivity (Wildman–Crippen MR) is 79.2 cm³/mol. The van der Waals surface area contributed by atoms with Crippen LogP contribution < -0.4 is 0 Å². The number of fused-ring (bicyclic) bond motifs is 1. The number of carboxylic acid groups (broad SMARTS) is 1. The van der Waals surface area contributed by atoms with Crippen molar-refractivity contribution in [1.82, 2.24) is 0 Å². The molecule has 0 heterocycles. The highest BCUT2D eigenvalue weighted by atomic mass is 16.4. The van der Waals surface area contributed by atoms with E-state index in [-0.39, 0.29) is 16.7 Å². The Kier molecular flexibility index (Phi) is 3.53. The highest BCUT2D eigenvalue weighted by molar-refractivity contribution is 5.91. The van der Waals surface area contributed by atoms with Crippen molar-refractivity contribution < 1.29 is 15.0 Å². The van der Waals surface area contributed by atoms with Crippen LogP contribution in [-0.2, 0) is 5.41 Å². The molecule has 0 bridgehead atoms. The average Bonchev–Trinajstić information content (AvgIpc) is 2.95. The standard InChI is InChI=1S/C11H14O3.C6H4/c1-11(2,3)7-4-5-9(12)8(6-7)10(13)14;1-2-5-4-6(5)3-1/h4-6,12H,1-3H3,(H,13,14);1-4H. The van der Waals surface area contributed by atoms with Gasteiger partial charge in [-0.1, -0.05) is 45.0 Å². The summed E-state index contributed by atoms with van der Waals surface area (Å²) in [6.45, 7) is 5.97. The molecular formula is C17H18O3. The molecule has 0 unspecified atom stereocenters. The summed E-state index contributed by atoms with van der Waals surface area (Å²) < 4.78 is 0. The molecule has 0 amide bonds. The van der Waals surface area contributed by atoms with E-state index >= 15 is 0 Å². The first kappa shape index (κ1) is 14.1. The first-order valence-electron chi connectivity index (χ1n) is 6.46. The van der Waals surface area contributed by atoms with Crippen molar-refractivity contribution in [2.45, 2.75) is 26.2 Å². The van der Waals surface area contributed by atoms with E-state index in [1.165, 1.54) is 23.3 Å². The third-order valence-corrected chi connectivity index (χ3v) is 3.21. The van der Waals surface area contributed by atoms with Crippen LogP contribution in [0.2, 0.25) is 0 Å². The van der Waals surface area contributed by atoms with Crippen molar-refractivity contribution in [3.8, 4) is 16.9 Å². The Morgan fingerprint density at radius 3 is 1.95 bits per heavy atom.